The molecule has 25 heavy (non-hydrogen) atoms. The highest BCUT2D eigenvalue weighted by molar-refractivity contribution is 6.07. The van der Waals surface area contributed by atoms with Gasteiger partial charge in [-0.2, -0.15) is 0 Å². The van der Waals surface area contributed by atoms with Gasteiger partial charge in [-0.15, -0.1) is 0 Å². The minimum Gasteiger partial charge on any atom is -0.353 e. The topological polar surface area (TPSA) is 57.8 Å². The Kier molecular flexibility index (Phi) is 4.01. The molecule has 0 aliphatic rings. The van der Waals surface area contributed by atoms with Gasteiger partial charge in [0.05, 0.1) is 17.8 Å². The van der Waals surface area contributed by atoms with Crippen molar-refractivity contribution in [3.63, 3.8) is 0 Å². The maximum absolute atomic E-state index is 12.1. The Morgan fingerprint density at radius 2 is 1.80 bits per heavy atom. The second-order valence-corrected chi connectivity index (χ2v) is 5.81. The number of hydrogen-bond acceptors (Lipinski definition) is 2. The van der Waals surface area contributed by atoms with E-state index in [2.05, 4.69) is 21.4 Å². The monoisotopic (exact) mass is 327 g/mol. The highest BCUT2D eigenvalue weighted by Gasteiger charge is 2.09. The number of nitrogens with one attached hydrogen (secondary N) is 2. The zero-order valence-corrected chi connectivity index (χ0v) is 13.6. The molecule has 2 aromatic heterocycles. The highest BCUT2D eigenvalue weighted by atomic mass is 16.1. The Labute approximate surface area is 145 Å². The van der Waals surface area contributed by atoms with Crippen LogP contribution in [0.4, 0.5) is 0 Å². The molecule has 1 amide bonds. The van der Waals surface area contributed by atoms with Gasteiger partial charge in [-0.25, -0.2) is 0 Å². The Balaban J connectivity index is 1.53. The fourth-order valence-corrected chi connectivity index (χ4v) is 2.93. The number of carbonyl (C=O) groups excluding carboxylic acids is 1. The molecule has 0 fully saturated rings. The third kappa shape index (κ3) is 3.15. The lowest BCUT2D eigenvalue weighted by molar-refractivity contribution is -0.116. The summed E-state index contributed by atoms with van der Waals surface area (Å²) in [5.74, 6) is -0.140. The van der Waals surface area contributed by atoms with Crippen LogP contribution < -0.4 is 5.32 Å². The fourth-order valence-electron chi connectivity index (χ4n) is 2.93. The number of hydrogen-bond donors (Lipinski definition) is 2. The summed E-state index contributed by atoms with van der Waals surface area (Å²) in [5.41, 5.74) is 3.86. The van der Waals surface area contributed by atoms with Crippen LogP contribution in [0.25, 0.3) is 27.9 Å². The molecule has 4 nitrogen and oxygen atoms in total. The van der Waals surface area contributed by atoms with Crippen LogP contribution in [-0.4, -0.2) is 15.9 Å². The molecule has 4 aromatic rings. The molecule has 0 radical (unpaired) electrons. The molecule has 0 aliphatic carbocycles. The van der Waals surface area contributed by atoms with Gasteiger partial charge in [0.1, 0.15) is 0 Å². The zero-order chi connectivity index (χ0) is 17.1. The van der Waals surface area contributed by atoms with Gasteiger partial charge in [-0.1, -0.05) is 48.5 Å². The quantitative estimate of drug-likeness (QED) is 0.556. The van der Waals surface area contributed by atoms with E-state index in [1.807, 2.05) is 54.6 Å². The fraction of sp³-hybridized carbons (Fsp3) is 0.0476. The molecule has 2 N–H and O–H groups in total. The first-order chi connectivity index (χ1) is 12.3. The Morgan fingerprint density at radius 1 is 1.00 bits per heavy atom. The van der Waals surface area contributed by atoms with Crippen LogP contribution >= 0.6 is 0 Å². The minimum atomic E-state index is -0.140. The van der Waals surface area contributed by atoms with Crippen LogP contribution in [0, 0.1) is 0 Å². The lowest BCUT2D eigenvalue weighted by atomic mass is 10.1. The minimum absolute atomic E-state index is 0.140. The summed E-state index contributed by atoms with van der Waals surface area (Å²) >= 11 is 0. The Hall–Kier alpha value is -3.40. The number of H-pyrrole nitrogens is 1. The van der Waals surface area contributed by atoms with Crippen LogP contribution in [-0.2, 0) is 11.3 Å². The van der Waals surface area contributed by atoms with Gasteiger partial charge in [-0.3, -0.25) is 9.78 Å². The van der Waals surface area contributed by atoms with E-state index in [1.54, 1.807) is 18.3 Å². The predicted octanol–water partition coefficient (Wildman–Crippen LogP) is 4.05. The van der Waals surface area contributed by atoms with Crippen molar-refractivity contribution in [2.75, 3.05) is 0 Å². The molecule has 4 rings (SSSR count). The molecule has 0 saturated heterocycles. The van der Waals surface area contributed by atoms with Crippen LogP contribution in [0.1, 0.15) is 11.3 Å². The lowest BCUT2D eigenvalue weighted by Crippen LogP contribution is -2.21. The summed E-state index contributed by atoms with van der Waals surface area (Å²) < 4.78 is 0. The average molecular weight is 327 g/mol. The van der Waals surface area contributed by atoms with Crippen molar-refractivity contribution in [3.8, 4) is 0 Å². The van der Waals surface area contributed by atoms with Gasteiger partial charge < -0.3 is 10.3 Å². The summed E-state index contributed by atoms with van der Waals surface area (Å²) in [5, 5.41) is 5.18. The summed E-state index contributed by atoms with van der Waals surface area (Å²) in [6.45, 7) is 0.377. The number of carbonyl (C=O) groups is 1. The zero-order valence-electron chi connectivity index (χ0n) is 13.6. The van der Waals surface area contributed by atoms with Gasteiger partial charge in [0, 0.05) is 28.6 Å². The van der Waals surface area contributed by atoms with Crippen molar-refractivity contribution in [2.24, 2.45) is 0 Å². The van der Waals surface area contributed by atoms with Gasteiger partial charge in [0.25, 0.3) is 0 Å². The number of amides is 1. The summed E-state index contributed by atoms with van der Waals surface area (Å²) in [6, 6.07) is 19.9. The molecule has 4 heteroatoms. The van der Waals surface area contributed by atoms with Crippen molar-refractivity contribution >= 4 is 33.8 Å². The third-order valence-corrected chi connectivity index (χ3v) is 4.16. The van der Waals surface area contributed by atoms with Crippen molar-refractivity contribution in [3.05, 3.63) is 84.2 Å². The van der Waals surface area contributed by atoms with Crippen LogP contribution in [0.5, 0.6) is 0 Å². The third-order valence-electron chi connectivity index (χ3n) is 4.16. The van der Waals surface area contributed by atoms with Crippen molar-refractivity contribution < 1.29 is 4.79 Å². The van der Waals surface area contributed by atoms with Gasteiger partial charge in [0.15, 0.2) is 0 Å². The first kappa shape index (κ1) is 15.1. The van der Waals surface area contributed by atoms with Gasteiger partial charge in [0.2, 0.25) is 5.91 Å². The first-order valence-electron chi connectivity index (χ1n) is 8.16. The van der Waals surface area contributed by atoms with Crippen LogP contribution in [0.15, 0.2) is 72.9 Å². The second-order valence-electron chi connectivity index (χ2n) is 5.81. The standard InChI is InChI=1S/C21H17N3O/c25-20(11-10-15-6-2-1-3-7-15)23-14-19-21-17(12-13-22-19)16-8-4-5-9-18(16)24-21/h1-13,24H,14H2,(H,23,25)/b11-10+. The maximum atomic E-state index is 12.1. The SMILES string of the molecule is O=C(/C=C/c1ccccc1)NCc1nccc2c1[nH]c1ccccc12. The van der Waals surface area contributed by atoms with E-state index >= 15 is 0 Å². The molecule has 122 valence electrons. The lowest BCUT2D eigenvalue weighted by Gasteiger charge is -2.03. The van der Waals surface area contributed by atoms with E-state index in [0.29, 0.717) is 6.54 Å². The number of aromatic nitrogens is 2. The van der Waals surface area contributed by atoms with E-state index < -0.39 is 0 Å². The largest absolute Gasteiger partial charge is 0.353 e. The average Bonchev–Trinajstić information content (AvgIpc) is 3.05. The van der Waals surface area contributed by atoms with E-state index in [1.165, 1.54) is 0 Å². The normalized spacial score (nSPS) is 11.4. The molecular formula is C21H17N3O. The number of nitrogens with zero attached hydrogens (tertiary/aromatic N) is 1. The van der Waals surface area contributed by atoms with E-state index in [0.717, 1.165) is 33.1 Å². The molecule has 0 spiro atoms. The van der Waals surface area contributed by atoms with Crippen LogP contribution in [0.2, 0.25) is 0 Å². The number of para-hydroxylation sites is 1. The second kappa shape index (κ2) is 6.61. The molecule has 0 bridgehead atoms. The molecule has 0 saturated carbocycles. The molecule has 0 atom stereocenters. The van der Waals surface area contributed by atoms with E-state index in [4.69, 9.17) is 0 Å². The van der Waals surface area contributed by atoms with Crippen molar-refractivity contribution in [1.82, 2.24) is 15.3 Å². The number of rotatable bonds is 4. The Bertz CT molecular complexity index is 1060. The highest BCUT2D eigenvalue weighted by Crippen LogP contribution is 2.26. The first-order valence-corrected chi connectivity index (χ1v) is 8.16. The summed E-state index contributed by atoms with van der Waals surface area (Å²) in [4.78, 5) is 19.9. The number of pyridine rings is 1. The number of fused-ring (bicyclic) bond motifs is 3. The van der Waals surface area contributed by atoms with E-state index in [-0.39, 0.29) is 5.91 Å². The van der Waals surface area contributed by atoms with E-state index in [9.17, 15) is 4.79 Å². The number of aromatic amines is 1. The van der Waals surface area contributed by atoms with Crippen LogP contribution in [0.3, 0.4) is 0 Å². The predicted molar refractivity (Wildman–Crippen MR) is 101 cm³/mol. The maximum Gasteiger partial charge on any atom is 0.244 e. The number of benzene rings is 2. The molecule has 0 aliphatic heterocycles. The molecule has 0 unspecified atom stereocenters. The van der Waals surface area contributed by atoms with Crippen molar-refractivity contribution in [2.45, 2.75) is 6.54 Å². The smallest absolute Gasteiger partial charge is 0.244 e. The summed E-state index contributed by atoms with van der Waals surface area (Å²) in [7, 11) is 0. The molecular weight excluding hydrogens is 310 g/mol. The van der Waals surface area contributed by atoms with Crippen molar-refractivity contribution in [1.29, 1.82) is 0 Å². The summed E-state index contributed by atoms with van der Waals surface area (Å²) in [6.07, 6.45) is 5.12. The van der Waals surface area contributed by atoms with Gasteiger partial charge >= 0.3 is 0 Å². The molecule has 2 heterocycles. The Morgan fingerprint density at radius 3 is 2.68 bits per heavy atom. The molecule has 2 aromatic carbocycles. The van der Waals surface area contributed by atoms with Gasteiger partial charge in [-0.05, 0) is 23.8 Å².